The first-order valence-corrected chi connectivity index (χ1v) is 6.80. The summed E-state index contributed by atoms with van der Waals surface area (Å²) in [5.74, 6) is -0.881. The number of benzene rings is 2. The molecule has 0 aliphatic heterocycles. The van der Waals surface area contributed by atoms with E-state index in [0.29, 0.717) is 11.3 Å². The maximum atomic E-state index is 13.6. The molecule has 104 valence electrons. The highest BCUT2D eigenvalue weighted by Crippen LogP contribution is 2.21. The lowest BCUT2D eigenvalue weighted by Crippen LogP contribution is -2.13. The Bertz CT molecular complexity index is 642. The number of carbonyl (C=O) groups excluding carboxylic acids is 1. The molecule has 0 aliphatic rings. The summed E-state index contributed by atoms with van der Waals surface area (Å²) in [6.45, 7) is 3.49. The second kappa shape index (κ2) is 5.63. The molecule has 1 amide bonds. The van der Waals surface area contributed by atoms with Crippen LogP contribution in [0.3, 0.4) is 0 Å². The Hall–Kier alpha value is -1.88. The lowest BCUT2D eigenvalue weighted by atomic mass is 10.1. The molecule has 2 aromatic carbocycles. The van der Waals surface area contributed by atoms with E-state index in [0.717, 1.165) is 10.0 Å². The second-order valence-corrected chi connectivity index (χ2v) is 5.56. The van der Waals surface area contributed by atoms with Gasteiger partial charge < -0.3 is 11.1 Å². The van der Waals surface area contributed by atoms with Crippen molar-refractivity contribution in [1.29, 1.82) is 0 Å². The van der Waals surface area contributed by atoms with Crippen molar-refractivity contribution in [2.45, 2.75) is 13.8 Å². The number of amides is 1. The number of rotatable bonds is 2. The third kappa shape index (κ3) is 3.17. The molecular formula is C15H14BrFN2O. The van der Waals surface area contributed by atoms with Gasteiger partial charge in [0.25, 0.3) is 5.91 Å². The van der Waals surface area contributed by atoms with E-state index < -0.39 is 11.7 Å². The van der Waals surface area contributed by atoms with E-state index in [2.05, 4.69) is 21.2 Å². The van der Waals surface area contributed by atoms with Gasteiger partial charge in [0.15, 0.2) is 0 Å². The predicted molar refractivity (Wildman–Crippen MR) is 82.4 cm³/mol. The summed E-state index contributed by atoms with van der Waals surface area (Å²) in [7, 11) is 0. The Kier molecular flexibility index (Phi) is 4.09. The van der Waals surface area contributed by atoms with Crippen LogP contribution in [-0.4, -0.2) is 5.91 Å². The van der Waals surface area contributed by atoms with Gasteiger partial charge in [-0.3, -0.25) is 4.79 Å². The first kappa shape index (κ1) is 14.5. The van der Waals surface area contributed by atoms with Crippen molar-refractivity contribution in [3.8, 4) is 0 Å². The average molecular weight is 337 g/mol. The van der Waals surface area contributed by atoms with Crippen LogP contribution in [0.15, 0.2) is 34.8 Å². The number of nitrogens with one attached hydrogen (secondary N) is 1. The number of nitrogen functional groups attached to an aromatic ring is 1. The minimum atomic E-state index is -0.486. The zero-order chi connectivity index (χ0) is 14.9. The molecule has 0 aromatic heterocycles. The third-order valence-corrected chi connectivity index (χ3v) is 3.40. The van der Waals surface area contributed by atoms with Gasteiger partial charge in [-0.25, -0.2) is 4.39 Å². The van der Waals surface area contributed by atoms with Crippen LogP contribution >= 0.6 is 15.9 Å². The molecule has 20 heavy (non-hydrogen) atoms. The normalized spacial score (nSPS) is 10.4. The summed E-state index contributed by atoms with van der Waals surface area (Å²) >= 11 is 3.36. The van der Waals surface area contributed by atoms with Crippen molar-refractivity contribution < 1.29 is 9.18 Å². The molecule has 0 aliphatic carbocycles. The molecule has 0 saturated heterocycles. The number of halogens is 2. The fraction of sp³-hybridized carbons (Fsp3) is 0.133. The van der Waals surface area contributed by atoms with Crippen LogP contribution in [0.2, 0.25) is 0 Å². The van der Waals surface area contributed by atoms with Gasteiger partial charge in [0.05, 0.1) is 0 Å². The standard InChI is InChI=1S/C15H14BrFN2O/c1-8-3-11(16)7-12(4-8)19-15(20)10-5-13(17)9(2)14(18)6-10/h3-7H,18H2,1-2H3,(H,19,20). The highest BCUT2D eigenvalue weighted by atomic mass is 79.9. The number of hydrogen-bond acceptors (Lipinski definition) is 2. The first-order valence-electron chi connectivity index (χ1n) is 6.01. The van der Waals surface area contributed by atoms with Crippen molar-refractivity contribution >= 4 is 33.2 Å². The molecule has 0 heterocycles. The van der Waals surface area contributed by atoms with Crippen LogP contribution in [0.5, 0.6) is 0 Å². The van der Waals surface area contributed by atoms with Crippen molar-refractivity contribution in [2.75, 3.05) is 11.1 Å². The summed E-state index contributed by atoms with van der Waals surface area (Å²) in [5.41, 5.74) is 8.13. The molecule has 0 bridgehead atoms. The molecule has 5 heteroatoms. The quantitative estimate of drug-likeness (QED) is 0.813. The number of aryl methyl sites for hydroxylation is 1. The molecule has 2 aromatic rings. The summed E-state index contributed by atoms with van der Waals surface area (Å²) < 4.78 is 14.5. The van der Waals surface area contributed by atoms with Gasteiger partial charge in [0, 0.05) is 27.0 Å². The van der Waals surface area contributed by atoms with Gasteiger partial charge in [0.2, 0.25) is 0 Å². The maximum absolute atomic E-state index is 13.6. The lowest BCUT2D eigenvalue weighted by Gasteiger charge is -2.09. The Morgan fingerprint density at radius 2 is 1.90 bits per heavy atom. The van der Waals surface area contributed by atoms with Crippen molar-refractivity contribution in [3.63, 3.8) is 0 Å². The molecule has 0 saturated carbocycles. The molecule has 3 N–H and O–H groups in total. The van der Waals surface area contributed by atoms with Gasteiger partial charge in [-0.1, -0.05) is 15.9 Å². The number of carbonyl (C=O) groups is 1. The summed E-state index contributed by atoms with van der Waals surface area (Å²) in [5, 5.41) is 2.72. The molecule has 3 nitrogen and oxygen atoms in total. The largest absolute Gasteiger partial charge is 0.398 e. The average Bonchev–Trinajstić information content (AvgIpc) is 2.33. The minimum absolute atomic E-state index is 0.197. The van der Waals surface area contributed by atoms with Crippen LogP contribution in [0.4, 0.5) is 15.8 Å². The fourth-order valence-corrected chi connectivity index (χ4v) is 2.45. The zero-order valence-electron chi connectivity index (χ0n) is 11.1. The SMILES string of the molecule is Cc1cc(Br)cc(NC(=O)c2cc(N)c(C)c(F)c2)c1. The van der Waals surface area contributed by atoms with E-state index in [1.165, 1.54) is 12.1 Å². The smallest absolute Gasteiger partial charge is 0.255 e. The van der Waals surface area contributed by atoms with Gasteiger partial charge in [-0.2, -0.15) is 0 Å². The number of nitrogens with two attached hydrogens (primary N) is 1. The second-order valence-electron chi connectivity index (χ2n) is 4.64. The van der Waals surface area contributed by atoms with Crippen molar-refractivity contribution in [2.24, 2.45) is 0 Å². The first-order chi connectivity index (χ1) is 9.36. The Morgan fingerprint density at radius 3 is 2.50 bits per heavy atom. The molecule has 0 radical (unpaired) electrons. The third-order valence-electron chi connectivity index (χ3n) is 2.95. The van der Waals surface area contributed by atoms with E-state index in [9.17, 15) is 9.18 Å². The summed E-state index contributed by atoms with van der Waals surface area (Å²) in [4.78, 5) is 12.1. The van der Waals surface area contributed by atoms with E-state index in [4.69, 9.17) is 5.73 Å². The Balaban J connectivity index is 2.28. The van der Waals surface area contributed by atoms with Crippen LogP contribution in [0, 0.1) is 19.7 Å². The molecule has 0 atom stereocenters. The molecule has 0 unspecified atom stereocenters. The number of anilines is 2. The van der Waals surface area contributed by atoms with Crippen molar-refractivity contribution in [3.05, 3.63) is 57.3 Å². The monoisotopic (exact) mass is 336 g/mol. The molecule has 0 spiro atoms. The highest BCUT2D eigenvalue weighted by Gasteiger charge is 2.11. The van der Waals surface area contributed by atoms with Gasteiger partial charge >= 0.3 is 0 Å². The predicted octanol–water partition coefficient (Wildman–Crippen LogP) is 4.04. The lowest BCUT2D eigenvalue weighted by molar-refractivity contribution is 0.102. The molecular weight excluding hydrogens is 323 g/mol. The highest BCUT2D eigenvalue weighted by molar-refractivity contribution is 9.10. The van der Waals surface area contributed by atoms with E-state index in [1.54, 1.807) is 13.0 Å². The van der Waals surface area contributed by atoms with E-state index in [1.807, 2.05) is 19.1 Å². The van der Waals surface area contributed by atoms with E-state index >= 15 is 0 Å². The number of hydrogen-bond donors (Lipinski definition) is 2. The zero-order valence-corrected chi connectivity index (χ0v) is 12.7. The van der Waals surface area contributed by atoms with Gasteiger partial charge in [-0.15, -0.1) is 0 Å². The summed E-state index contributed by atoms with van der Waals surface area (Å²) in [6, 6.07) is 8.19. The maximum Gasteiger partial charge on any atom is 0.255 e. The van der Waals surface area contributed by atoms with Gasteiger partial charge in [0.1, 0.15) is 5.82 Å². The van der Waals surface area contributed by atoms with Crippen molar-refractivity contribution in [1.82, 2.24) is 0 Å². The Labute approximate surface area is 125 Å². The topological polar surface area (TPSA) is 55.1 Å². The molecule has 2 rings (SSSR count). The van der Waals surface area contributed by atoms with Gasteiger partial charge in [-0.05, 0) is 49.7 Å². The van der Waals surface area contributed by atoms with Crippen LogP contribution in [-0.2, 0) is 0 Å². The Morgan fingerprint density at radius 1 is 1.20 bits per heavy atom. The van der Waals surface area contributed by atoms with Crippen LogP contribution in [0.1, 0.15) is 21.5 Å². The molecule has 0 fully saturated rings. The minimum Gasteiger partial charge on any atom is -0.398 e. The van der Waals surface area contributed by atoms with E-state index in [-0.39, 0.29) is 11.3 Å². The fourth-order valence-electron chi connectivity index (χ4n) is 1.84. The summed E-state index contributed by atoms with van der Waals surface area (Å²) in [6.07, 6.45) is 0. The van der Waals surface area contributed by atoms with Crippen LogP contribution in [0.25, 0.3) is 0 Å². The van der Waals surface area contributed by atoms with Crippen LogP contribution < -0.4 is 11.1 Å².